The number of alkyl halides is 3. The predicted molar refractivity (Wildman–Crippen MR) is 50.2 cm³/mol. The zero-order valence-corrected chi connectivity index (χ0v) is 8.62. The zero-order chi connectivity index (χ0) is 9.19. The topological polar surface area (TPSA) is 22.1 Å². The number of halogens is 4. The van der Waals surface area contributed by atoms with Gasteiger partial charge in [0.25, 0.3) is 0 Å². The van der Waals surface area contributed by atoms with Gasteiger partial charge >= 0.3 is 3.98 Å². The van der Waals surface area contributed by atoms with Gasteiger partial charge in [-0.05, 0) is 34.8 Å². The van der Waals surface area contributed by atoms with E-state index in [9.17, 15) is 0 Å². The van der Waals surface area contributed by atoms with Gasteiger partial charge in [-0.3, -0.25) is 4.98 Å². The van der Waals surface area contributed by atoms with E-state index in [4.69, 9.17) is 51.1 Å². The van der Waals surface area contributed by atoms with Gasteiger partial charge in [0, 0.05) is 12.3 Å². The average Bonchev–Trinajstić information content (AvgIpc) is 1.82. The number of hydrogen-bond donors (Lipinski definition) is 0. The molecule has 66 valence electrons. The molecule has 6 heteroatoms. The van der Waals surface area contributed by atoms with E-state index in [0.717, 1.165) is 0 Å². The highest BCUT2D eigenvalue weighted by Gasteiger charge is 2.21. The maximum absolute atomic E-state index is 5.60. The van der Waals surface area contributed by atoms with Crippen LogP contribution < -0.4 is 4.74 Å². The standard InChI is InChI=1S/C6H3Cl4NO/c7-4-1-5(3-11-2-4)12-6(8,9)10/h1-3H. The molecule has 1 aromatic rings. The number of pyridine rings is 1. The molecule has 0 aromatic carbocycles. The van der Waals surface area contributed by atoms with Gasteiger partial charge in [-0.2, -0.15) is 0 Å². The molecule has 0 unspecified atom stereocenters. The van der Waals surface area contributed by atoms with E-state index in [1.165, 1.54) is 18.5 Å². The Morgan fingerprint density at radius 3 is 2.42 bits per heavy atom. The Balaban J connectivity index is 2.77. The highest BCUT2D eigenvalue weighted by atomic mass is 35.6. The molecule has 0 aliphatic carbocycles. The van der Waals surface area contributed by atoms with Crippen molar-refractivity contribution in [2.75, 3.05) is 0 Å². The van der Waals surface area contributed by atoms with Crippen molar-refractivity contribution in [1.29, 1.82) is 0 Å². The Kier molecular flexibility index (Phi) is 3.29. The van der Waals surface area contributed by atoms with Crippen LogP contribution in [0.4, 0.5) is 0 Å². The quantitative estimate of drug-likeness (QED) is 0.709. The Morgan fingerprint density at radius 2 is 1.92 bits per heavy atom. The first-order valence-corrected chi connectivity index (χ1v) is 4.35. The maximum atomic E-state index is 5.60. The van der Waals surface area contributed by atoms with Crippen LogP contribution in [0.5, 0.6) is 5.75 Å². The monoisotopic (exact) mass is 245 g/mol. The van der Waals surface area contributed by atoms with Crippen molar-refractivity contribution in [3.8, 4) is 5.75 Å². The van der Waals surface area contributed by atoms with Crippen molar-refractivity contribution in [1.82, 2.24) is 4.98 Å². The molecule has 0 amide bonds. The molecule has 0 aliphatic heterocycles. The third-order valence-corrected chi connectivity index (χ3v) is 1.35. The summed E-state index contributed by atoms with van der Waals surface area (Å²) < 4.78 is 3.05. The van der Waals surface area contributed by atoms with Crippen LogP contribution in [0, 0.1) is 0 Å². The van der Waals surface area contributed by atoms with Crippen molar-refractivity contribution >= 4 is 46.4 Å². The predicted octanol–water partition coefficient (Wildman–Crippen LogP) is 3.44. The lowest BCUT2D eigenvalue weighted by Gasteiger charge is -2.12. The van der Waals surface area contributed by atoms with Gasteiger partial charge in [0.05, 0.1) is 11.2 Å². The van der Waals surface area contributed by atoms with E-state index < -0.39 is 3.98 Å². The summed E-state index contributed by atoms with van der Waals surface area (Å²) in [6.45, 7) is 0. The lowest BCUT2D eigenvalue weighted by Crippen LogP contribution is -2.12. The van der Waals surface area contributed by atoms with Crippen molar-refractivity contribution < 1.29 is 4.74 Å². The molecule has 0 N–H and O–H groups in total. The lowest BCUT2D eigenvalue weighted by molar-refractivity contribution is 0.319. The number of rotatable bonds is 1. The molecule has 2 nitrogen and oxygen atoms in total. The second-order valence-corrected chi connectivity index (χ2v) is 4.50. The first kappa shape index (κ1) is 10.2. The van der Waals surface area contributed by atoms with Crippen LogP contribution in [0.3, 0.4) is 0 Å². The van der Waals surface area contributed by atoms with E-state index in [-0.39, 0.29) is 0 Å². The largest absolute Gasteiger partial charge is 0.444 e. The molecule has 0 saturated heterocycles. The van der Waals surface area contributed by atoms with E-state index in [0.29, 0.717) is 10.8 Å². The molecule has 0 saturated carbocycles. The molecule has 1 aromatic heterocycles. The molecular formula is C6H3Cl4NO. The fourth-order valence-electron chi connectivity index (χ4n) is 0.582. The van der Waals surface area contributed by atoms with Gasteiger partial charge in [-0.25, -0.2) is 0 Å². The molecule has 0 bridgehead atoms. The van der Waals surface area contributed by atoms with Gasteiger partial charge in [-0.1, -0.05) is 11.6 Å². The SMILES string of the molecule is Clc1cncc(OC(Cl)(Cl)Cl)c1. The molecule has 12 heavy (non-hydrogen) atoms. The van der Waals surface area contributed by atoms with Gasteiger partial charge in [0.15, 0.2) is 0 Å². The van der Waals surface area contributed by atoms with Crippen molar-refractivity contribution in [3.05, 3.63) is 23.5 Å². The Hall–Kier alpha value is 0.110. The van der Waals surface area contributed by atoms with Crippen LogP contribution in [0.1, 0.15) is 0 Å². The van der Waals surface area contributed by atoms with E-state index >= 15 is 0 Å². The number of nitrogens with zero attached hydrogens (tertiary/aromatic N) is 1. The maximum Gasteiger partial charge on any atom is 0.338 e. The van der Waals surface area contributed by atoms with Crippen LogP contribution in [0.25, 0.3) is 0 Å². The lowest BCUT2D eigenvalue weighted by atomic mass is 10.5. The first-order chi connectivity index (χ1) is 5.47. The van der Waals surface area contributed by atoms with E-state index in [1.807, 2.05) is 0 Å². The second-order valence-electron chi connectivity index (χ2n) is 1.89. The summed E-state index contributed by atoms with van der Waals surface area (Å²) in [5.74, 6) is 0.308. The van der Waals surface area contributed by atoms with Crippen molar-refractivity contribution in [2.24, 2.45) is 0 Å². The van der Waals surface area contributed by atoms with Crippen LogP contribution in [0.2, 0.25) is 5.02 Å². The normalized spacial score (nSPS) is 11.3. The minimum absolute atomic E-state index is 0.308. The summed E-state index contributed by atoms with van der Waals surface area (Å²) in [6.07, 6.45) is 2.85. The fraction of sp³-hybridized carbons (Fsp3) is 0.167. The van der Waals surface area contributed by atoms with Crippen molar-refractivity contribution in [3.63, 3.8) is 0 Å². The van der Waals surface area contributed by atoms with Crippen LogP contribution in [-0.2, 0) is 0 Å². The molecule has 1 rings (SSSR count). The number of ether oxygens (including phenoxy) is 1. The van der Waals surface area contributed by atoms with Crippen LogP contribution in [0.15, 0.2) is 18.5 Å². The van der Waals surface area contributed by atoms with Gasteiger partial charge < -0.3 is 4.74 Å². The Bertz CT molecular complexity index is 272. The number of hydrogen-bond acceptors (Lipinski definition) is 2. The van der Waals surface area contributed by atoms with Gasteiger partial charge in [-0.15, -0.1) is 0 Å². The molecule has 1 heterocycles. The molecule has 0 spiro atoms. The summed E-state index contributed by atoms with van der Waals surface area (Å²) in [4.78, 5) is 3.74. The summed E-state index contributed by atoms with van der Waals surface area (Å²) >= 11 is 21.7. The van der Waals surface area contributed by atoms with Crippen molar-refractivity contribution in [2.45, 2.75) is 3.98 Å². The minimum Gasteiger partial charge on any atom is -0.444 e. The average molecular weight is 247 g/mol. The number of aromatic nitrogens is 1. The molecule has 0 atom stereocenters. The van der Waals surface area contributed by atoms with E-state index in [1.54, 1.807) is 0 Å². The zero-order valence-electron chi connectivity index (χ0n) is 5.60. The third-order valence-electron chi connectivity index (χ3n) is 0.913. The Morgan fingerprint density at radius 1 is 1.25 bits per heavy atom. The summed E-state index contributed by atoms with van der Waals surface area (Å²) in [6, 6.07) is 1.50. The Labute approximate surface area is 89.3 Å². The van der Waals surface area contributed by atoms with Crippen LogP contribution in [-0.4, -0.2) is 8.96 Å². The summed E-state index contributed by atoms with van der Waals surface area (Å²) in [5, 5.41) is 0.418. The molecule has 0 fully saturated rings. The second kappa shape index (κ2) is 3.88. The first-order valence-electron chi connectivity index (χ1n) is 2.84. The summed E-state index contributed by atoms with van der Waals surface area (Å²) in [7, 11) is 0. The highest BCUT2D eigenvalue weighted by molar-refractivity contribution is 6.66. The van der Waals surface area contributed by atoms with E-state index in [2.05, 4.69) is 4.98 Å². The smallest absolute Gasteiger partial charge is 0.338 e. The highest BCUT2D eigenvalue weighted by Crippen LogP contribution is 2.30. The van der Waals surface area contributed by atoms with Gasteiger partial charge in [0.2, 0.25) is 0 Å². The van der Waals surface area contributed by atoms with Crippen LogP contribution >= 0.6 is 46.4 Å². The molecular weight excluding hydrogens is 244 g/mol. The minimum atomic E-state index is -1.79. The third kappa shape index (κ3) is 3.68. The van der Waals surface area contributed by atoms with Gasteiger partial charge in [0.1, 0.15) is 5.75 Å². The summed E-state index contributed by atoms with van der Waals surface area (Å²) in [5.41, 5.74) is 0. The fourth-order valence-corrected chi connectivity index (χ4v) is 1.01. The molecule has 0 radical (unpaired) electrons. The molecule has 0 aliphatic rings.